The number of benzene rings is 2. The lowest BCUT2D eigenvalue weighted by Gasteiger charge is -2.30. The molecular weight excluding hydrogens is 302 g/mol. The Bertz CT molecular complexity index is 688. The maximum atomic E-state index is 12.6. The first-order valence-corrected chi connectivity index (χ1v) is 8.23. The molecule has 3 N–H and O–H groups in total. The molecular formula is C19H22N3O2+. The van der Waals surface area contributed by atoms with Gasteiger partial charge in [-0.2, -0.15) is 0 Å². The summed E-state index contributed by atoms with van der Waals surface area (Å²) in [6.45, 7) is 2.14. The van der Waals surface area contributed by atoms with E-state index in [1.165, 1.54) is 0 Å². The molecule has 2 amide bonds. The van der Waals surface area contributed by atoms with Gasteiger partial charge in [-0.1, -0.05) is 48.5 Å². The van der Waals surface area contributed by atoms with Gasteiger partial charge in [-0.3, -0.25) is 9.59 Å². The Balaban J connectivity index is 1.57. The Morgan fingerprint density at radius 1 is 1.08 bits per heavy atom. The van der Waals surface area contributed by atoms with Crippen LogP contribution in [0.1, 0.15) is 12.0 Å². The number of piperazine rings is 1. The van der Waals surface area contributed by atoms with Gasteiger partial charge in [0.1, 0.15) is 0 Å². The van der Waals surface area contributed by atoms with E-state index in [0.717, 1.165) is 17.8 Å². The number of hydrogen-bond acceptors (Lipinski definition) is 2. The van der Waals surface area contributed by atoms with Crippen molar-refractivity contribution in [2.75, 3.05) is 18.4 Å². The van der Waals surface area contributed by atoms with Gasteiger partial charge in [-0.25, -0.2) is 0 Å². The van der Waals surface area contributed by atoms with Crippen LogP contribution in [0.2, 0.25) is 0 Å². The van der Waals surface area contributed by atoms with Crippen LogP contribution < -0.4 is 10.6 Å². The first-order valence-electron chi connectivity index (χ1n) is 8.23. The van der Waals surface area contributed by atoms with Crippen molar-refractivity contribution in [2.24, 2.45) is 0 Å². The number of para-hydroxylation sites is 1. The van der Waals surface area contributed by atoms with Crippen LogP contribution in [0.3, 0.4) is 0 Å². The van der Waals surface area contributed by atoms with Crippen LogP contribution >= 0.6 is 0 Å². The molecule has 0 aromatic heterocycles. The van der Waals surface area contributed by atoms with Crippen molar-refractivity contribution in [3.05, 3.63) is 66.2 Å². The number of hydrogen-bond donors (Lipinski definition) is 2. The minimum absolute atomic E-state index is 0.0355. The zero-order chi connectivity index (χ0) is 16.8. The highest BCUT2D eigenvalue weighted by molar-refractivity contribution is 5.94. The Kier molecular flexibility index (Phi) is 5.23. The fourth-order valence-corrected chi connectivity index (χ4v) is 2.94. The van der Waals surface area contributed by atoms with Gasteiger partial charge in [0.05, 0.1) is 19.5 Å². The van der Waals surface area contributed by atoms with Crippen molar-refractivity contribution >= 4 is 17.5 Å². The van der Waals surface area contributed by atoms with Crippen LogP contribution in [0, 0.1) is 0 Å². The van der Waals surface area contributed by atoms with Crippen molar-refractivity contribution in [3.63, 3.8) is 0 Å². The summed E-state index contributed by atoms with van der Waals surface area (Å²) >= 11 is 0. The number of carbonyl (C=O) groups is 2. The number of nitrogens with zero attached hydrogens (tertiary/aromatic N) is 1. The topological polar surface area (TPSA) is 66.0 Å². The Hall–Kier alpha value is -2.66. The minimum atomic E-state index is -0.342. The largest absolute Gasteiger partial charge is 0.334 e. The monoisotopic (exact) mass is 324 g/mol. The number of nitrogens with two attached hydrogens (primary N) is 1. The molecule has 0 unspecified atom stereocenters. The molecule has 1 atom stereocenters. The van der Waals surface area contributed by atoms with Crippen LogP contribution in [-0.4, -0.2) is 35.8 Å². The molecule has 1 heterocycles. The molecule has 0 saturated carbocycles. The fourth-order valence-electron chi connectivity index (χ4n) is 2.94. The second-order valence-corrected chi connectivity index (χ2v) is 5.99. The van der Waals surface area contributed by atoms with Crippen molar-refractivity contribution < 1.29 is 14.9 Å². The zero-order valence-corrected chi connectivity index (χ0v) is 13.5. The number of amides is 2. The molecule has 124 valence electrons. The van der Waals surface area contributed by atoms with Gasteiger partial charge >= 0.3 is 0 Å². The van der Waals surface area contributed by atoms with Crippen LogP contribution in [0.5, 0.6) is 0 Å². The highest BCUT2D eigenvalue weighted by Crippen LogP contribution is 2.10. The predicted molar refractivity (Wildman–Crippen MR) is 92.1 cm³/mol. The molecule has 0 radical (unpaired) electrons. The molecule has 1 aliphatic heterocycles. The van der Waals surface area contributed by atoms with Crippen molar-refractivity contribution in [1.82, 2.24) is 4.90 Å². The molecule has 0 aliphatic carbocycles. The number of rotatable bonds is 5. The molecule has 24 heavy (non-hydrogen) atoms. The average Bonchev–Trinajstić information content (AvgIpc) is 2.60. The van der Waals surface area contributed by atoms with Crippen LogP contribution in [0.15, 0.2) is 60.7 Å². The smallest absolute Gasteiger partial charge is 0.281 e. The van der Waals surface area contributed by atoms with E-state index in [1.807, 2.05) is 70.9 Å². The van der Waals surface area contributed by atoms with Gasteiger partial charge in [0.2, 0.25) is 5.91 Å². The van der Waals surface area contributed by atoms with E-state index in [2.05, 4.69) is 5.32 Å². The standard InChI is InChI=1S/C19H21N3O2/c23-18(21-16-9-5-2-6-10-16)13-17-19(24)22(12-11-20-17)14-15-7-3-1-4-8-15/h1-10,17,20H,11-14H2,(H,21,23)/p+1/t17-/m0/s1. The van der Waals surface area contributed by atoms with E-state index in [0.29, 0.717) is 13.1 Å². The maximum Gasteiger partial charge on any atom is 0.281 e. The summed E-state index contributed by atoms with van der Waals surface area (Å²) in [5.74, 6) is -0.0920. The Morgan fingerprint density at radius 3 is 2.46 bits per heavy atom. The highest BCUT2D eigenvalue weighted by Gasteiger charge is 2.33. The number of nitrogens with one attached hydrogen (secondary N) is 1. The number of quaternary nitrogens is 1. The Morgan fingerprint density at radius 2 is 1.75 bits per heavy atom. The van der Waals surface area contributed by atoms with Gasteiger partial charge in [-0.05, 0) is 17.7 Å². The molecule has 3 rings (SSSR count). The summed E-state index contributed by atoms with van der Waals surface area (Å²) in [5.41, 5.74) is 1.87. The molecule has 1 fully saturated rings. The molecule has 2 aromatic rings. The molecule has 5 heteroatoms. The highest BCUT2D eigenvalue weighted by atomic mass is 16.2. The van der Waals surface area contributed by atoms with Crippen molar-refractivity contribution in [1.29, 1.82) is 0 Å². The first kappa shape index (κ1) is 16.2. The van der Waals surface area contributed by atoms with E-state index < -0.39 is 0 Å². The minimum Gasteiger partial charge on any atom is -0.334 e. The van der Waals surface area contributed by atoms with Gasteiger partial charge in [0, 0.05) is 12.2 Å². The van der Waals surface area contributed by atoms with E-state index in [-0.39, 0.29) is 24.3 Å². The third kappa shape index (κ3) is 4.20. The summed E-state index contributed by atoms with van der Waals surface area (Å²) in [7, 11) is 0. The van der Waals surface area contributed by atoms with Crippen molar-refractivity contribution in [3.8, 4) is 0 Å². The van der Waals surface area contributed by atoms with Gasteiger partial charge in [-0.15, -0.1) is 0 Å². The number of anilines is 1. The maximum absolute atomic E-state index is 12.6. The van der Waals surface area contributed by atoms with E-state index in [4.69, 9.17) is 0 Å². The molecule has 1 saturated heterocycles. The lowest BCUT2D eigenvalue weighted by atomic mass is 10.1. The normalized spacial score (nSPS) is 17.6. The first-order chi connectivity index (χ1) is 11.7. The summed E-state index contributed by atoms with van der Waals surface area (Å²) in [5, 5.41) is 4.81. The number of carbonyl (C=O) groups excluding carboxylic acids is 2. The molecule has 1 aliphatic rings. The summed E-state index contributed by atoms with van der Waals surface area (Å²) in [4.78, 5) is 26.7. The second kappa shape index (κ2) is 7.75. The van der Waals surface area contributed by atoms with E-state index in [1.54, 1.807) is 0 Å². The van der Waals surface area contributed by atoms with Crippen LogP contribution in [0.25, 0.3) is 0 Å². The Labute approximate surface area is 141 Å². The molecule has 2 aromatic carbocycles. The lowest BCUT2D eigenvalue weighted by Crippen LogP contribution is -2.96. The van der Waals surface area contributed by atoms with Crippen LogP contribution in [-0.2, 0) is 16.1 Å². The quantitative estimate of drug-likeness (QED) is 0.861. The summed E-state index contributed by atoms with van der Waals surface area (Å²) in [6, 6.07) is 18.9. The average molecular weight is 324 g/mol. The predicted octanol–water partition coefficient (Wildman–Crippen LogP) is 0.990. The molecule has 0 spiro atoms. The van der Waals surface area contributed by atoms with E-state index >= 15 is 0 Å². The third-order valence-electron chi connectivity index (χ3n) is 4.16. The fraction of sp³-hybridized carbons (Fsp3) is 0.263. The lowest BCUT2D eigenvalue weighted by molar-refractivity contribution is -0.682. The zero-order valence-electron chi connectivity index (χ0n) is 13.5. The second-order valence-electron chi connectivity index (χ2n) is 5.99. The summed E-state index contributed by atoms with van der Waals surface area (Å²) < 4.78 is 0. The molecule has 5 nitrogen and oxygen atoms in total. The van der Waals surface area contributed by atoms with Gasteiger partial charge < -0.3 is 15.5 Å². The van der Waals surface area contributed by atoms with Gasteiger partial charge in [0.15, 0.2) is 6.04 Å². The van der Waals surface area contributed by atoms with Crippen LogP contribution in [0.4, 0.5) is 5.69 Å². The van der Waals surface area contributed by atoms with Gasteiger partial charge in [0.25, 0.3) is 5.91 Å². The molecule has 0 bridgehead atoms. The third-order valence-corrected chi connectivity index (χ3v) is 4.16. The summed E-state index contributed by atoms with van der Waals surface area (Å²) in [6.07, 6.45) is 0.193. The van der Waals surface area contributed by atoms with E-state index in [9.17, 15) is 9.59 Å². The van der Waals surface area contributed by atoms with Crippen molar-refractivity contribution in [2.45, 2.75) is 19.0 Å². The SMILES string of the molecule is O=C(C[C@@H]1[NH2+]CCN(Cc2ccccc2)C1=O)Nc1ccccc1.